The van der Waals surface area contributed by atoms with E-state index in [9.17, 15) is 25.2 Å². The average molecular weight is 549 g/mol. The summed E-state index contributed by atoms with van der Waals surface area (Å²) in [5.41, 5.74) is -0.861. The Hall–Kier alpha value is -0.520. The number of rotatable bonds is 8. The fraction of sp³-hybridized carbons (Fsp3) is 0.783. The molecule has 9 atom stereocenters. The average Bonchev–Trinajstić information content (AvgIpc) is 3.46. The van der Waals surface area contributed by atoms with Crippen molar-refractivity contribution in [3.63, 3.8) is 0 Å². The number of aldehydes is 1. The fourth-order valence-electron chi connectivity index (χ4n) is 5.67. The van der Waals surface area contributed by atoms with Crippen LogP contribution in [0.1, 0.15) is 40.0 Å². The van der Waals surface area contributed by atoms with Gasteiger partial charge in [-0.2, -0.15) is 0 Å². The SMILES string of the molecule is C[C@@H]1C([C@@H](O)/C(C=O)=C(\O)C2OC2[C@@]2(C)C=CCN2C)[C@@](C)(CCCO)C(I)C[C@@H]1O. The maximum atomic E-state index is 12.1. The van der Waals surface area contributed by atoms with Crippen LogP contribution in [0.4, 0.5) is 0 Å². The second-order valence-electron chi connectivity index (χ2n) is 9.88. The first-order valence-corrected chi connectivity index (χ1v) is 12.3. The van der Waals surface area contributed by atoms with E-state index in [2.05, 4.69) is 27.5 Å². The molecule has 0 aromatic carbocycles. The lowest BCUT2D eigenvalue weighted by Crippen LogP contribution is -2.54. The van der Waals surface area contributed by atoms with Gasteiger partial charge in [0.05, 0.1) is 23.3 Å². The lowest BCUT2D eigenvalue weighted by atomic mass is 9.57. The molecule has 0 aromatic heterocycles. The summed E-state index contributed by atoms with van der Waals surface area (Å²) in [4.78, 5) is 14.2. The minimum atomic E-state index is -1.24. The number of aliphatic hydroxyl groups excluding tert-OH is 4. The van der Waals surface area contributed by atoms with Gasteiger partial charge in [0.2, 0.25) is 0 Å². The van der Waals surface area contributed by atoms with Gasteiger partial charge in [0.15, 0.2) is 6.29 Å². The smallest absolute Gasteiger partial charge is 0.152 e. The first kappa shape index (κ1) is 25.1. The Bertz CT molecular complexity index is 744. The maximum Gasteiger partial charge on any atom is 0.152 e. The minimum absolute atomic E-state index is 0.0392. The highest BCUT2D eigenvalue weighted by Gasteiger charge is 2.58. The summed E-state index contributed by atoms with van der Waals surface area (Å²) in [5.74, 6) is -0.942. The second kappa shape index (κ2) is 9.38. The number of hydrogen-bond donors (Lipinski definition) is 4. The first-order valence-electron chi connectivity index (χ1n) is 11.1. The van der Waals surface area contributed by atoms with Crippen molar-refractivity contribution in [1.29, 1.82) is 0 Å². The van der Waals surface area contributed by atoms with Gasteiger partial charge in [-0.15, -0.1) is 0 Å². The van der Waals surface area contributed by atoms with Gasteiger partial charge in [0, 0.05) is 23.0 Å². The normalized spacial score (nSPS) is 44.8. The van der Waals surface area contributed by atoms with Crippen LogP contribution in [0.3, 0.4) is 0 Å². The Morgan fingerprint density at radius 3 is 2.65 bits per heavy atom. The van der Waals surface area contributed by atoms with Crippen molar-refractivity contribution < 1.29 is 30.0 Å². The molecule has 3 rings (SSSR count). The monoisotopic (exact) mass is 549 g/mol. The van der Waals surface area contributed by atoms with Crippen LogP contribution in [0.5, 0.6) is 0 Å². The third-order valence-corrected chi connectivity index (χ3v) is 9.98. The van der Waals surface area contributed by atoms with E-state index in [0.29, 0.717) is 25.5 Å². The molecule has 0 amide bonds. The molecule has 3 aliphatic rings. The molecule has 0 spiro atoms. The summed E-state index contributed by atoms with van der Waals surface area (Å²) in [7, 11) is 1.98. The van der Waals surface area contributed by atoms with Crippen LogP contribution in [0.15, 0.2) is 23.5 Å². The van der Waals surface area contributed by atoms with E-state index in [1.54, 1.807) is 0 Å². The highest BCUT2D eigenvalue weighted by molar-refractivity contribution is 14.1. The van der Waals surface area contributed by atoms with E-state index in [1.807, 2.05) is 40.0 Å². The number of alkyl halides is 1. The van der Waals surface area contributed by atoms with Crippen molar-refractivity contribution in [3.8, 4) is 0 Å². The van der Waals surface area contributed by atoms with Gasteiger partial charge in [0.1, 0.15) is 18.0 Å². The number of likely N-dealkylation sites (N-methyl/N-ethyl adjacent to an activating group) is 1. The lowest BCUT2D eigenvalue weighted by molar-refractivity contribution is -0.109. The van der Waals surface area contributed by atoms with Crippen molar-refractivity contribution in [1.82, 2.24) is 4.90 Å². The van der Waals surface area contributed by atoms with Crippen molar-refractivity contribution in [2.24, 2.45) is 17.3 Å². The van der Waals surface area contributed by atoms with Gasteiger partial charge in [-0.05, 0) is 44.6 Å². The number of nitrogens with zero attached hydrogens (tertiary/aromatic N) is 1. The highest BCUT2D eigenvalue weighted by Crippen LogP contribution is 2.53. The Kier molecular flexibility index (Phi) is 7.60. The largest absolute Gasteiger partial charge is 0.509 e. The molecule has 2 fully saturated rings. The first-order chi connectivity index (χ1) is 14.5. The molecule has 0 radical (unpaired) electrons. The number of carbonyl (C=O) groups is 1. The van der Waals surface area contributed by atoms with E-state index in [0.717, 1.165) is 6.54 Å². The molecule has 31 heavy (non-hydrogen) atoms. The summed E-state index contributed by atoms with van der Waals surface area (Å²) in [6, 6.07) is 0. The van der Waals surface area contributed by atoms with Crippen molar-refractivity contribution in [2.45, 2.75) is 73.9 Å². The van der Waals surface area contributed by atoms with E-state index >= 15 is 0 Å². The Morgan fingerprint density at radius 1 is 1.42 bits per heavy atom. The molecular weight excluding hydrogens is 513 g/mol. The van der Waals surface area contributed by atoms with Crippen molar-refractivity contribution >= 4 is 28.9 Å². The molecule has 0 bridgehead atoms. The van der Waals surface area contributed by atoms with Crippen molar-refractivity contribution in [2.75, 3.05) is 20.2 Å². The highest BCUT2D eigenvalue weighted by atomic mass is 127. The predicted octanol–water partition coefficient (Wildman–Crippen LogP) is 1.99. The van der Waals surface area contributed by atoms with E-state index < -0.39 is 29.6 Å². The van der Waals surface area contributed by atoms with Gasteiger partial charge in [-0.1, -0.05) is 48.6 Å². The summed E-state index contributed by atoms with van der Waals surface area (Å²) < 4.78 is 5.84. The Balaban J connectivity index is 1.91. The van der Waals surface area contributed by atoms with Crippen molar-refractivity contribution in [3.05, 3.63) is 23.5 Å². The minimum Gasteiger partial charge on any atom is -0.509 e. The number of halogens is 1. The molecule has 8 heteroatoms. The van der Waals surface area contributed by atoms with E-state index in [1.165, 1.54) is 0 Å². The molecule has 0 aromatic rings. The molecule has 2 aliphatic heterocycles. The summed E-state index contributed by atoms with van der Waals surface area (Å²) in [6.45, 7) is 6.78. The van der Waals surface area contributed by atoms with Crippen LogP contribution in [-0.2, 0) is 9.53 Å². The predicted molar refractivity (Wildman–Crippen MR) is 126 cm³/mol. The van der Waals surface area contributed by atoms with Crippen LogP contribution in [0.25, 0.3) is 0 Å². The van der Waals surface area contributed by atoms with Crippen LogP contribution < -0.4 is 0 Å². The number of ether oxygens (including phenoxy) is 1. The quantitative estimate of drug-likeness (QED) is 0.0697. The van der Waals surface area contributed by atoms with E-state index in [4.69, 9.17) is 4.74 Å². The number of hydrogen-bond acceptors (Lipinski definition) is 7. The molecule has 1 saturated carbocycles. The van der Waals surface area contributed by atoms with Gasteiger partial charge >= 0.3 is 0 Å². The molecule has 1 saturated heterocycles. The number of aliphatic hydroxyl groups is 4. The Morgan fingerprint density at radius 2 is 2.10 bits per heavy atom. The third kappa shape index (κ3) is 4.36. The van der Waals surface area contributed by atoms with Crippen LogP contribution >= 0.6 is 22.6 Å². The van der Waals surface area contributed by atoms with Crippen LogP contribution in [-0.4, -0.2) is 85.7 Å². The summed E-state index contributed by atoms with van der Waals surface area (Å²) in [6.07, 6.45) is 3.64. The second-order valence-corrected chi connectivity index (χ2v) is 11.4. The topological polar surface area (TPSA) is 114 Å². The molecular formula is C23H36INO6. The lowest BCUT2D eigenvalue weighted by Gasteiger charge is -2.52. The molecule has 7 nitrogen and oxygen atoms in total. The summed E-state index contributed by atoms with van der Waals surface area (Å²) in [5, 5.41) is 42.4. The zero-order valence-corrected chi connectivity index (χ0v) is 20.9. The van der Waals surface area contributed by atoms with Gasteiger partial charge in [-0.3, -0.25) is 9.69 Å². The van der Waals surface area contributed by atoms with Crippen LogP contribution in [0, 0.1) is 17.3 Å². The number of epoxide rings is 1. The maximum absolute atomic E-state index is 12.1. The van der Waals surface area contributed by atoms with Gasteiger partial charge < -0.3 is 25.2 Å². The molecule has 1 aliphatic carbocycles. The van der Waals surface area contributed by atoms with Gasteiger partial charge in [0.25, 0.3) is 0 Å². The van der Waals surface area contributed by atoms with E-state index in [-0.39, 0.29) is 39.4 Å². The van der Waals surface area contributed by atoms with Gasteiger partial charge in [-0.25, -0.2) is 0 Å². The Labute approximate surface area is 198 Å². The summed E-state index contributed by atoms with van der Waals surface area (Å²) >= 11 is 2.30. The molecule has 176 valence electrons. The zero-order chi connectivity index (χ0) is 23.1. The molecule has 4 N–H and O–H groups in total. The molecule has 4 unspecified atom stereocenters. The fourth-order valence-corrected chi connectivity index (χ4v) is 6.91. The third-order valence-electron chi connectivity index (χ3n) is 8.05. The molecule has 2 heterocycles. The van der Waals surface area contributed by atoms with Crippen LogP contribution in [0.2, 0.25) is 0 Å². The number of carbonyl (C=O) groups excluding carboxylic acids is 1. The zero-order valence-electron chi connectivity index (χ0n) is 18.7. The standard InChI is InChI=1S/C23H36INO6/c1-13-15(28)11-16(24)22(2,7-6-10-26)17(13)18(29)14(12-27)19(30)20-21(31-20)23(3)8-5-9-25(23)4/h5,8,12-13,15-18,20-21,26,28-30H,6-7,9-11H2,1-4H3/b19-14-/t13-,15-,16?,17?,18-,20?,21?,22-,23+/m0/s1.